The van der Waals surface area contributed by atoms with Crippen LogP contribution in [0.25, 0.3) is 0 Å². The third kappa shape index (κ3) is 2.88. The van der Waals surface area contributed by atoms with Crippen LogP contribution in [0.3, 0.4) is 0 Å². The molecule has 0 bridgehead atoms. The van der Waals surface area contributed by atoms with E-state index in [4.69, 9.17) is 0 Å². The number of amides is 1. The van der Waals surface area contributed by atoms with Gasteiger partial charge in [0.05, 0.1) is 17.1 Å². The highest BCUT2D eigenvalue weighted by molar-refractivity contribution is 5.78. The van der Waals surface area contributed by atoms with Gasteiger partial charge < -0.3 is 5.32 Å². The Morgan fingerprint density at radius 2 is 1.76 bits per heavy atom. The molecule has 2 heterocycles. The smallest absolute Gasteiger partial charge is 0.269 e. The lowest BCUT2D eigenvalue weighted by Gasteiger charge is -2.36. The molecule has 1 amide bonds. The van der Waals surface area contributed by atoms with Gasteiger partial charge in [0.15, 0.2) is 0 Å². The van der Waals surface area contributed by atoms with Crippen molar-refractivity contribution in [3.8, 4) is 0 Å². The molecule has 7 nitrogen and oxygen atoms in total. The zero-order valence-electron chi connectivity index (χ0n) is 13.4. The minimum Gasteiger partial charge on any atom is -0.339 e. The average molecular weight is 338 g/mol. The highest BCUT2D eigenvalue weighted by Crippen LogP contribution is 2.43. The van der Waals surface area contributed by atoms with Gasteiger partial charge in [-0.05, 0) is 11.1 Å². The minimum absolute atomic E-state index is 0.0102. The lowest BCUT2D eigenvalue weighted by atomic mass is 9.74. The number of hydrogen-bond acceptors (Lipinski definition) is 5. The van der Waals surface area contributed by atoms with Crippen molar-refractivity contribution in [1.82, 2.24) is 16.2 Å². The van der Waals surface area contributed by atoms with E-state index in [9.17, 15) is 14.9 Å². The first-order valence-corrected chi connectivity index (χ1v) is 8.23. The van der Waals surface area contributed by atoms with E-state index < -0.39 is 4.92 Å². The van der Waals surface area contributed by atoms with Gasteiger partial charge in [0.25, 0.3) is 5.69 Å². The molecule has 2 aromatic rings. The van der Waals surface area contributed by atoms with E-state index in [0.29, 0.717) is 6.42 Å². The molecule has 2 aromatic carbocycles. The summed E-state index contributed by atoms with van der Waals surface area (Å²) in [5.74, 6) is -0.103. The molecule has 2 aliphatic rings. The van der Waals surface area contributed by atoms with Crippen LogP contribution in [0.1, 0.15) is 29.5 Å². The number of hydrogen-bond donors (Lipinski definition) is 3. The predicted molar refractivity (Wildman–Crippen MR) is 91.3 cm³/mol. The van der Waals surface area contributed by atoms with E-state index in [1.807, 2.05) is 36.4 Å². The molecule has 0 aromatic heterocycles. The molecule has 0 saturated carbocycles. The second-order valence-electron chi connectivity index (χ2n) is 6.46. The fourth-order valence-corrected chi connectivity index (χ4v) is 3.90. The van der Waals surface area contributed by atoms with Crippen molar-refractivity contribution in [2.24, 2.45) is 5.92 Å². The minimum atomic E-state index is -0.399. The Morgan fingerprint density at radius 3 is 2.52 bits per heavy atom. The summed E-state index contributed by atoms with van der Waals surface area (Å²) in [5.41, 5.74) is 8.43. The molecule has 3 N–H and O–H groups in total. The van der Waals surface area contributed by atoms with Gasteiger partial charge in [-0.25, -0.2) is 10.9 Å². The summed E-state index contributed by atoms with van der Waals surface area (Å²) in [7, 11) is 0. The van der Waals surface area contributed by atoms with Crippen LogP contribution in [0.2, 0.25) is 0 Å². The second kappa shape index (κ2) is 6.27. The van der Waals surface area contributed by atoms with Crippen molar-refractivity contribution >= 4 is 11.6 Å². The molecule has 2 fully saturated rings. The van der Waals surface area contributed by atoms with Crippen molar-refractivity contribution in [2.75, 3.05) is 0 Å². The Hall–Kier alpha value is -2.77. The van der Waals surface area contributed by atoms with Crippen LogP contribution in [0.15, 0.2) is 54.6 Å². The van der Waals surface area contributed by atoms with Crippen LogP contribution in [-0.4, -0.2) is 17.0 Å². The molecule has 0 spiro atoms. The molecule has 4 unspecified atom stereocenters. The molecule has 0 radical (unpaired) electrons. The van der Waals surface area contributed by atoms with Gasteiger partial charge in [-0.3, -0.25) is 14.9 Å². The lowest BCUT2D eigenvalue weighted by Crippen LogP contribution is -2.52. The molecule has 0 aliphatic carbocycles. The van der Waals surface area contributed by atoms with Gasteiger partial charge in [-0.2, -0.15) is 0 Å². The topological polar surface area (TPSA) is 96.3 Å². The number of rotatable bonds is 3. The van der Waals surface area contributed by atoms with Gasteiger partial charge >= 0.3 is 0 Å². The lowest BCUT2D eigenvalue weighted by molar-refractivity contribution is -0.384. The van der Waals surface area contributed by atoms with E-state index >= 15 is 0 Å². The third-order valence-corrected chi connectivity index (χ3v) is 5.02. The van der Waals surface area contributed by atoms with Crippen LogP contribution >= 0.6 is 0 Å². The maximum atomic E-state index is 12.1. The van der Waals surface area contributed by atoms with E-state index in [2.05, 4.69) is 16.2 Å². The Balaban J connectivity index is 1.73. The quantitative estimate of drug-likeness (QED) is 0.587. The fraction of sp³-hybridized carbons (Fsp3) is 0.278. The van der Waals surface area contributed by atoms with Crippen LogP contribution in [0, 0.1) is 16.0 Å². The van der Waals surface area contributed by atoms with E-state index in [0.717, 1.165) is 11.1 Å². The fourth-order valence-electron chi connectivity index (χ4n) is 3.90. The molecular weight excluding hydrogens is 320 g/mol. The number of nitro groups is 1. The number of piperidine rings is 1. The van der Waals surface area contributed by atoms with Crippen molar-refractivity contribution in [1.29, 1.82) is 0 Å². The van der Waals surface area contributed by atoms with Crippen LogP contribution in [-0.2, 0) is 4.79 Å². The average Bonchev–Trinajstić information content (AvgIpc) is 3.05. The van der Waals surface area contributed by atoms with Crippen molar-refractivity contribution in [3.63, 3.8) is 0 Å². The number of carbonyl (C=O) groups excluding carboxylic acids is 1. The molecule has 25 heavy (non-hydrogen) atoms. The van der Waals surface area contributed by atoms with Crippen LogP contribution in [0.4, 0.5) is 5.69 Å². The highest BCUT2D eigenvalue weighted by atomic mass is 16.6. The number of nitro benzene ring substituents is 1. The first-order chi connectivity index (χ1) is 12.1. The van der Waals surface area contributed by atoms with Crippen LogP contribution in [0.5, 0.6) is 0 Å². The summed E-state index contributed by atoms with van der Waals surface area (Å²) < 4.78 is 0. The normalized spacial score (nSPS) is 28.2. The van der Waals surface area contributed by atoms with E-state index in [1.54, 1.807) is 12.1 Å². The number of non-ortho nitro benzene ring substituents is 1. The first-order valence-electron chi connectivity index (χ1n) is 8.23. The third-order valence-electron chi connectivity index (χ3n) is 5.02. The van der Waals surface area contributed by atoms with E-state index in [1.165, 1.54) is 6.07 Å². The van der Waals surface area contributed by atoms with Gasteiger partial charge in [-0.15, -0.1) is 0 Å². The summed E-state index contributed by atoms with van der Waals surface area (Å²) in [6.45, 7) is 0. The molecule has 2 aliphatic heterocycles. The molecule has 2 saturated heterocycles. The summed E-state index contributed by atoms with van der Waals surface area (Å²) in [4.78, 5) is 22.9. The zero-order valence-corrected chi connectivity index (χ0v) is 13.4. The largest absolute Gasteiger partial charge is 0.339 e. The number of carbonyl (C=O) groups is 1. The standard InChI is InChI=1S/C18H18N4O3/c23-15-10-14(12-7-4-8-13(9-12)22(24)25)16-17(20-21-18(16)19-15)11-5-2-1-3-6-11/h1-9,14,16-18,20-21H,10H2,(H,19,23). The van der Waals surface area contributed by atoms with Crippen molar-refractivity contribution < 1.29 is 9.72 Å². The van der Waals surface area contributed by atoms with Crippen molar-refractivity contribution in [3.05, 3.63) is 75.8 Å². The molecule has 7 heteroatoms. The van der Waals surface area contributed by atoms with Gasteiger partial charge in [-0.1, -0.05) is 42.5 Å². The molecule has 4 rings (SSSR count). The first kappa shape index (κ1) is 15.7. The number of benzene rings is 2. The predicted octanol–water partition coefficient (Wildman–Crippen LogP) is 1.99. The summed E-state index contributed by atoms with van der Waals surface area (Å²) in [5, 5.41) is 14.1. The van der Waals surface area contributed by atoms with Crippen molar-refractivity contribution in [2.45, 2.75) is 24.5 Å². The Kier molecular flexibility index (Phi) is 3.95. The Bertz CT molecular complexity index is 811. The summed E-state index contributed by atoms with van der Waals surface area (Å²) in [6, 6.07) is 16.6. The summed E-state index contributed by atoms with van der Waals surface area (Å²) in [6.07, 6.45) is 0.102. The SMILES string of the molecule is O=C1CC(c2cccc([N+](=O)[O-])c2)C2C(NNC2c2ccccc2)N1. The van der Waals surface area contributed by atoms with Crippen LogP contribution < -0.4 is 16.2 Å². The van der Waals surface area contributed by atoms with E-state index in [-0.39, 0.29) is 35.6 Å². The molecule has 4 atom stereocenters. The molecule has 128 valence electrons. The number of nitrogens with one attached hydrogen (secondary N) is 3. The number of nitrogens with zero attached hydrogens (tertiary/aromatic N) is 1. The maximum absolute atomic E-state index is 12.1. The zero-order chi connectivity index (χ0) is 17.4. The molecular formula is C18H18N4O3. The monoisotopic (exact) mass is 338 g/mol. The van der Waals surface area contributed by atoms with Gasteiger partial charge in [0.2, 0.25) is 5.91 Å². The van der Waals surface area contributed by atoms with Gasteiger partial charge in [0, 0.05) is 30.4 Å². The Morgan fingerprint density at radius 1 is 1.00 bits per heavy atom. The highest BCUT2D eigenvalue weighted by Gasteiger charge is 2.46. The number of fused-ring (bicyclic) bond motifs is 1. The van der Waals surface area contributed by atoms with Gasteiger partial charge in [0.1, 0.15) is 0 Å². The Labute approximate surface area is 144 Å². The number of hydrazine groups is 1. The maximum Gasteiger partial charge on any atom is 0.269 e. The second-order valence-corrected chi connectivity index (χ2v) is 6.46. The summed E-state index contributed by atoms with van der Waals surface area (Å²) >= 11 is 0.